The maximum absolute atomic E-state index is 5.70. The first-order chi connectivity index (χ1) is 10.5. The summed E-state index contributed by atoms with van der Waals surface area (Å²) in [5.74, 6) is 0.927. The Morgan fingerprint density at radius 1 is 1.14 bits per heavy atom. The molecule has 1 heterocycles. The number of ether oxygens (including phenoxy) is 1. The van der Waals surface area contributed by atoms with Gasteiger partial charge in [-0.1, -0.05) is 24.8 Å². The first-order valence-electron chi connectivity index (χ1n) is 7.72. The molecule has 1 rings (SSSR count). The standard InChI is InChI=1S/C20H27NO/c1-8-14(4)16(6)19-12-11-18(13-21-19)20(15(5)9-2)17(7)22-10-3/h8-9,11-13H,6,10H2,1-5,7H3/b14-8+,15-9+,20-17+. The van der Waals surface area contributed by atoms with Crippen LogP contribution in [0.15, 0.2) is 54.0 Å². The van der Waals surface area contributed by atoms with Gasteiger partial charge < -0.3 is 4.74 Å². The second-order valence-electron chi connectivity index (χ2n) is 5.22. The number of aromatic nitrogens is 1. The molecule has 0 aliphatic rings. The van der Waals surface area contributed by atoms with Crippen LogP contribution in [0.4, 0.5) is 0 Å². The number of pyridine rings is 1. The molecule has 0 saturated carbocycles. The quantitative estimate of drug-likeness (QED) is 0.489. The Balaban J connectivity index is 3.25. The average Bonchev–Trinajstić information content (AvgIpc) is 2.54. The van der Waals surface area contributed by atoms with E-state index in [1.807, 2.05) is 53.0 Å². The fraction of sp³-hybridized carbons (Fsp3) is 0.350. The molecule has 0 amide bonds. The molecular weight excluding hydrogens is 270 g/mol. The third-order valence-corrected chi connectivity index (χ3v) is 3.81. The summed E-state index contributed by atoms with van der Waals surface area (Å²) in [6.45, 7) is 17.0. The molecule has 1 aromatic rings. The van der Waals surface area contributed by atoms with Gasteiger partial charge in [-0.05, 0) is 64.3 Å². The predicted molar refractivity (Wildman–Crippen MR) is 96.4 cm³/mol. The van der Waals surface area contributed by atoms with Crippen molar-refractivity contribution >= 4 is 11.1 Å². The van der Waals surface area contributed by atoms with Crippen LogP contribution in [0.1, 0.15) is 52.8 Å². The van der Waals surface area contributed by atoms with Crippen LogP contribution in [0.25, 0.3) is 11.1 Å². The number of allylic oxidation sites excluding steroid dienone is 7. The summed E-state index contributed by atoms with van der Waals surface area (Å²) < 4.78 is 5.70. The Bertz CT molecular complexity index is 616. The molecule has 0 N–H and O–H groups in total. The fourth-order valence-electron chi connectivity index (χ4n) is 2.24. The van der Waals surface area contributed by atoms with Crippen molar-refractivity contribution < 1.29 is 4.74 Å². The van der Waals surface area contributed by atoms with E-state index in [4.69, 9.17) is 4.74 Å². The summed E-state index contributed by atoms with van der Waals surface area (Å²) in [5, 5.41) is 0. The molecule has 0 radical (unpaired) electrons. The minimum absolute atomic E-state index is 0.662. The third kappa shape index (κ3) is 4.20. The van der Waals surface area contributed by atoms with Gasteiger partial charge in [0.15, 0.2) is 0 Å². The summed E-state index contributed by atoms with van der Waals surface area (Å²) in [5.41, 5.74) is 6.37. The average molecular weight is 297 g/mol. The molecule has 22 heavy (non-hydrogen) atoms. The predicted octanol–water partition coefficient (Wildman–Crippen LogP) is 5.79. The molecule has 0 unspecified atom stereocenters. The number of nitrogens with zero attached hydrogens (tertiary/aromatic N) is 1. The van der Waals surface area contributed by atoms with Crippen LogP contribution < -0.4 is 0 Å². The molecule has 118 valence electrons. The van der Waals surface area contributed by atoms with Gasteiger partial charge >= 0.3 is 0 Å². The van der Waals surface area contributed by atoms with Gasteiger partial charge in [0.25, 0.3) is 0 Å². The van der Waals surface area contributed by atoms with E-state index in [-0.39, 0.29) is 0 Å². The third-order valence-electron chi connectivity index (χ3n) is 3.81. The smallest absolute Gasteiger partial charge is 0.101 e. The summed E-state index contributed by atoms with van der Waals surface area (Å²) in [4.78, 5) is 4.57. The highest BCUT2D eigenvalue weighted by Gasteiger charge is 2.11. The normalized spacial score (nSPS) is 13.7. The number of hydrogen-bond acceptors (Lipinski definition) is 2. The summed E-state index contributed by atoms with van der Waals surface area (Å²) in [7, 11) is 0. The van der Waals surface area contributed by atoms with Crippen LogP contribution in [0.3, 0.4) is 0 Å². The Labute approximate surface area is 134 Å². The van der Waals surface area contributed by atoms with Crippen molar-refractivity contribution in [1.82, 2.24) is 4.98 Å². The van der Waals surface area contributed by atoms with E-state index >= 15 is 0 Å². The Hall–Kier alpha value is -2.09. The van der Waals surface area contributed by atoms with E-state index in [9.17, 15) is 0 Å². The van der Waals surface area contributed by atoms with Crippen LogP contribution >= 0.6 is 0 Å². The molecule has 2 heteroatoms. The Morgan fingerprint density at radius 2 is 1.77 bits per heavy atom. The van der Waals surface area contributed by atoms with E-state index < -0.39 is 0 Å². The molecule has 0 aliphatic heterocycles. The number of hydrogen-bond donors (Lipinski definition) is 0. The highest BCUT2D eigenvalue weighted by Crippen LogP contribution is 2.28. The van der Waals surface area contributed by atoms with Crippen LogP contribution in [-0.2, 0) is 4.74 Å². The van der Waals surface area contributed by atoms with Gasteiger partial charge in [-0.15, -0.1) is 0 Å². The van der Waals surface area contributed by atoms with Crippen molar-refractivity contribution in [3.63, 3.8) is 0 Å². The topological polar surface area (TPSA) is 22.1 Å². The van der Waals surface area contributed by atoms with Gasteiger partial charge in [0, 0.05) is 17.3 Å². The first kappa shape index (κ1) is 18.0. The molecule has 0 saturated heterocycles. The van der Waals surface area contributed by atoms with Crippen LogP contribution in [0.2, 0.25) is 0 Å². The minimum atomic E-state index is 0.662. The monoisotopic (exact) mass is 297 g/mol. The van der Waals surface area contributed by atoms with E-state index in [2.05, 4.69) is 30.6 Å². The van der Waals surface area contributed by atoms with Crippen molar-refractivity contribution in [3.05, 3.63) is 65.2 Å². The van der Waals surface area contributed by atoms with Crippen molar-refractivity contribution in [2.24, 2.45) is 0 Å². The molecule has 2 nitrogen and oxygen atoms in total. The molecule has 0 atom stereocenters. The lowest BCUT2D eigenvalue weighted by Gasteiger charge is -2.14. The zero-order valence-electron chi connectivity index (χ0n) is 14.7. The Morgan fingerprint density at radius 3 is 2.23 bits per heavy atom. The zero-order chi connectivity index (χ0) is 16.7. The molecule has 0 aliphatic carbocycles. The van der Waals surface area contributed by atoms with E-state index in [1.54, 1.807) is 0 Å². The molecule has 0 fully saturated rings. The fourth-order valence-corrected chi connectivity index (χ4v) is 2.24. The highest BCUT2D eigenvalue weighted by molar-refractivity contribution is 5.80. The van der Waals surface area contributed by atoms with Crippen molar-refractivity contribution in [2.45, 2.75) is 41.5 Å². The van der Waals surface area contributed by atoms with E-state index in [1.165, 1.54) is 5.57 Å². The molecule has 1 aromatic heterocycles. The summed E-state index contributed by atoms with van der Waals surface area (Å²) in [6, 6.07) is 4.11. The maximum Gasteiger partial charge on any atom is 0.101 e. The zero-order valence-corrected chi connectivity index (χ0v) is 14.7. The Kier molecular flexibility index (Phi) is 6.84. The molecular formula is C20H27NO. The van der Waals surface area contributed by atoms with Crippen molar-refractivity contribution in [2.75, 3.05) is 6.61 Å². The second-order valence-corrected chi connectivity index (χ2v) is 5.22. The highest BCUT2D eigenvalue weighted by atomic mass is 16.5. The summed E-state index contributed by atoms with van der Waals surface area (Å²) >= 11 is 0. The molecule has 0 bridgehead atoms. The first-order valence-corrected chi connectivity index (χ1v) is 7.72. The minimum Gasteiger partial charge on any atom is -0.498 e. The molecule has 0 spiro atoms. The van der Waals surface area contributed by atoms with E-state index in [0.717, 1.165) is 33.7 Å². The molecule has 0 aromatic carbocycles. The van der Waals surface area contributed by atoms with Crippen molar-refractivity contribution in [1.29, 1.82) is 0 Å². The van der Waals surface area contributed by atoms with E-state index in [0.29, 0.717) is 6.61 Å². The summed E-state index contributed by atoms with van der Waals surface area (Å²) in [6.07, 6.45) is 6.04. The van der Waals surface area contributed by atoms with Crippen LogP contribution in [0, 0.1) is 0 Å². The van der Waals surface area contributed by atoms with Crippen LogP contribution in [0.5, 0.6) is 0 Å². The second kappa shape index (κ2) is 8.38. The van der Waals surface area contributed by atoms with Crippen LogP contribution in [-0.4, -0.2) is 11.6 Å². The van der Waals surface area contributed by atoms with Gasteiger partial charge in [0.1, 0.15) is 5.76 Å². The van der Waals surface area contributed by atoms with Crippen molar-refractivity contribution in [3.8, 4) is 0 Å². The lowest BCUT2D eigenvalue weighted by molar-refractivity contribution is 0.233. The largest absolute Gasteiger partial charge is 0.498 e. The van der Waals surface area contributed by atoms with Gasteiger partial charge in [-0.2, -0.15) is 0 Å². The lowest BCUT2D eigenvalue weighted by atomic mass is 9.97. The van der Waals surface area contributed by atoms with Gasteiger partial charge in [-0.3, -0.25) is 4.98 Å². The maximum atomic E-state index is 5.70. The SMILES string of the molecule is C=C(/C(C)=C/C)c1ccc(C(/C(C)=C/C)=C(\C)OCC)cn1. The lowest BCUT2D eigenvalue weighted by Crippen LogP contribution is -1.98. The van der Waals surface area contributed by atoms with Gasteiger partial charge in [0.2, 0.25) is 0 Å². The van der Waals surface area contributed by atoms with Gasteiger partial charge in [0.05, 0.1) is 12.3 Å². The number of rotatable bonds is 6. The van der Waals surface area contributed by atoms with Gasteiger partial charge in [-0.25, -0.2) is 0 Å².